The molecule has 0 spiro atoms. The average molecular weight is 240 g/mol. The van der Waals surface area contributed by atoms with Crippen molar-refractivity contribution in [2.75, 3.05) is 13.2 Å². The van der Waals surface area contributed by atoms with Gasteiger partial charge in [0, 0.05) is 0 Å². The molecule has 0 fully saturated rings. The quantitative estimate of drug-likeness (QED) is 0.293. The van der Waals surface area contributed by atoms with Crippen LogP contribution in [0.3, 0.4) is 0 Å². The van der Waals surface area contributed by atoms with Crippen molar-refractivity contribution >= 4 is 0 Å². The molecule has 0 aromatic carbocycles. The summed E-state index contributed by atoms with van der Waals surface area (Å²) in [5.74, 6) is 0. The molecule has 0 aromatic rings. The van der Waals surface area contributed by atoms with Crippen LogP contribution in [0.1, 0.15) is 59.3 Å². The predicted molar refractivity (Wildman–Crippen MR) is 73.9 cm³/mol. The normalized spacial score (nSPS) is 12.1. The summed E-state index contributed by atoms with van der Waals surface area (Å²) >= 11 is 0. The molecule has 0 aliphatic rings. The predicted octanol–water partition coefficient (Wildman–Crippen LogP) is 4.82. The van der Waals surface area contributed by atoms with Crippen molar-refractivity contribution in [2.24, 2.45) is 0 Å². The summed E-state index contributed by atoms with van der Waals surface area (Å²) < 4.78 is 10.8. The molecule has 0 bridgehead atoms. The van der Waals surface area contributed by atoms with Gasteiger partial charge in [-0.2, -0.15) is 0 Å². The maximum Gasteiger partial charge on any atom is 0.0873 e. The summed E-state index contributed by atoms with van der Waals surface area (Å²) in [4.78, 5) is 0. The lowest BCUT2D eigenvalue weighted by atomic mass is 10.3. The molecule has 0 N–H and O–H groups in total. The minimum absolute atomic E-state index is 0.814. The average Bonchev–Trinajstić information content (AvgIpc) is 2.33. The monoisotopic (exact) mass is 240 g/mol. The topological polar surface area (TPSA) is 18.5 Å². The van der Waals surface area contributed by atoms with Crippen molar-refractivity contribution in [3.05, 3.63) is 24.2 Å². The molecule has 0 saturated carbocycles. The van der Waals surface area contributed by atoms with E-state index in [1.807, 2.05) is 19.3 Å². The summed E-state index contributed by atoms with van der Waals surface area (Å²) in [6.45, 7) is 8.04. The van der Waals surface area contributed by atoms with Crippen LogP contribution in [0.25, 0.3) is 0 Å². The third-order valence-electron chi connectivity index (χ3n) is 2.43. The number of unbranched alkanes of at least 4 members (excludes halogenated alkanes) is 4. The summed E-state index contributed by atoms with van der Waals surface area (Å²) in [5.41, 5.74) is 1.09. The number of hydrogen-bond acceptors (Lipinski definition) is 2. The third kappa shape index (κ3) is 13.0. The molecular formula is C15H28O2. The summed E-state index contributed by atoms with van der Waals surface area (Å²) in [5, 5.41) is 0. The van der Waals surface area contributed by atoms with Crippen LogP contribution in [0.5, 0.6) is 0 Å². The Kier molecular flexibility index (Phi) is 12.4. The van der Waals surface area contributed by atoms with Gasteiger partial charge in [0.15, 0.2) is 0 Å². The first-order valence-corrected chi connectivity index (χ1v) is 6.87. The van der Waals surface area contributed by atoms with Crippen LogP contribution in [0.2, 0.25) is 0 Å². The van der Waals surface area contributed by atoms with Crippen LogP contribution in [0, 0.1) is 0 Å². The Bertz CT molecular complexity index is 207. The summed E-state index contributed by atoms with van der Waals surface area (Å²) in [7, 11) is 0. The second-order valence-corrected chi connectivity index (χ2v) is 4.32. The van der Waals surface area contributed by atoms with Crippen molar-refractivity contribution < 1.29 is 9.47 Å². The highest BCUT2D eigenvalue weighted by molar-refractivity contribution is 5.11. The zero-order valence-electron chi connectivity index (χ0n) is 11.7. The molecule has 0 aliphatic heterocycles. The van der Waals surface area contributed by atoms with Crippen LogP contribution in [-0.2, 0) is 9.47 Å². The molecular weight excluding hydrogens is 212 g/mol. The minimum atomic E-state index is 0.814. The highest BCUT2D eigenvalue weighted by Gasteiger charge is 1.87. The van der Waals surface area contributed by atoms with Gasteiger partial charge >= 0.3 is 0 Å². The smallest absolute Gasteiger partial charge is 0.0873 e. The fourth-order valence-electron chi connectivity index (χ4n) is 1.32. The molecule has 2 heteroatoms. The highest BCUT2D eigenvalue weighted by atomic mass is 16.5. The van der Waals surface area contributed by atoms with Gasteiger partial charge in [-0.15, -0.1) is 0 Å². The lowest BCUT2D eigenvalue weighted by Gasteiger charge is -2.01. The largest absolute Gasteiger partial charge is 0.501 e. The van der Waals surface area contributed by atoms with E-state index in [9.17, 15) is 0 Å². The van der Waals surface area contributed by atoms with Gasteiger partial charge in [-0.1, -0.05) is 39.5 Å². The summed E-state index contributed by atoms with van der Waals surface area (Å²) in [6, 6.07) is 0. The number of ether oxygens (including phenoxy) is 2. The van der Waals surface area contributed by atoms with Gasteiger partial charge in [-0.25, -0.2) is 0 Å². The van der Waals surface area contributed by atoms with Gasteiger partial charge in [0.2, 0.25) is 0 Å². The Hall–Kier alpha value is -0.920. The molecule has 0 atom stereocenters. The molecule has 0 heterocycles. The fraction of sp³-hybridized carbons (Fsp3) is 0.733. The molecule has 0 saturated heterocycles. The van der Waals surface area contributed by atoms with E-state index in [4.69, 9.17) is 9.47 Å². The van der Waals surface area contributed by atoms with Crippen molar-refractivity contribution in [3.8, 4) is 0 Å². The number of hydrogen-bond donors (Lipinski definition) is 0. The zero-order valence-corrected chi connectivity index (χ0v) is 11.7. The van der Waals surface area contributed by atoms with E-state index in [1.165, 1.54) is 25.7 Å². The molecule has 100 valence electrons. The third-order valence-corrected chi connectivity index (χ3v) is 2.43. The van der Waals surface area contributed by atoms with E-state index < -0.39 is 0 Å². The Morgan fingerprint density at radius 1 is 0.882 bits per heavy atom. The van der Waals surface area contributed by atoms with Gasteiger partial charge in [-0.05, 0) is 31.4 Å². The Labute approximate surface area is 107 Å². The van der Waals surface area contributed by atoms with Crippen molar-refractivity contribution in [1.82, 2.24) is 0 Å². The SMILES string of the molecule is CCCCCO/C=C\C(C)=C/OCCCCC. The first-order valence-electron chi connectivity index (χ1n) is 6.87. The first-order chi connectivity index (χ1) is 8.31. The fourth-order valence-corrected chi connectivity index (χ4v) is 1.32. The summed E-state index contributed by atoms with van der Waals surface area (Å²) in [6.07, 6.45) is 12.7. The lowest BCUT2D eigenvalue weighted by Crippen LogP contribution is -1.88. The maximum absolute atomic E-state index is 5.42. The molecule has 0 aliphatic carbocycles. The second kappa shape index (κ2) is 13.1. The molecule has 0 unspecified atom stereocenters. The van der Waals surface area contributed by atoms with Gasteiger partial charge in [0.1, 0.15) is 0 Å². The van der Waals surface area contributed by atoms with Crippen LogP contribution in [0.4, 0.5) is 0 Å². The van der Waals surface area contributed by atoms with E-state index in [0.29, 0.717) is 0 Å². The van der Waals surface area contributed by atoms with Gasteiger partial charge in [0.25, 0.3) is 0 Å². The zero-order chi connectivity index (χ0) is 12.8. The molecule has 17 heavy (non-hydrogen) atoms. The van der Waals surface area contributed by atoms with E-state index in [0.717, 1.165) is 31.6 Å². The molecule has 0 radical (unpaired) electrons. The second-order valence-electron chi connectivity index (χ2n) is 4.32. The maximum atomic E-state index is 5.42. The molecule has 0 rings (SSSR count). The Morgan fingerprint density at radius 2 is 1.47 bits per heavy atom. The minimum Gasteiger partial charge on any atom is -0.501 e. The van der Waals surface area contributed by atoms with Crippen LogP contribution >= 0.6 is 0 Å². The van der Waals surface area contributed by atoms with E-state index in [2.05, 4.69) is 13.8 Å². The van der Waals surface area contributed by atoms with Gasteiger partial charge < -0.3 is 9.47 Å². The Morgan fingerprint density at radius 3 is 2.06 bits per heavy atom. The van der Waals surface area contributed by atoms with Gasteiger partial charge in [0.05, 0.1) is 25.7 Å². The van der Waals surface area contributed by atoms with Crippen LogP contribution in [0.15, 0.2) is 24.2 Å². The van der Waals surface area contributed by atoms with E-state index >= 15 is 0 Å². The number of rotatable bonds is 11. The number of allylic oxidation sites excluding steroid dienone is 2. The molecule has 0 aromatic heterocycles. The van der Waals surface area contributed by atoms with E-state index in [-0.39, 0.29) is 0 Å². The van der Waals surface area contributed by atoms with Crippen LogP contribution < -0.4 is 0 Å². The highest BCUT2D eigenvalue weighted by Crippen LogP contribution is 2.00. The standard InChI is InChI=1S/C15H28O2/c1-4-6-8-11-16-13-10-15(3)14-17-12-9-7-5-2/h10,13-14H,4-9,11-12H2,1-3H3/b13-10-,15-14-. The first kappa shape index (κ1) is 16.1. The van der Waals surface area contributed by atoms with Gasteiger partial charge in [-0.3, -0.25) is 0 Å². The lowest BCUT2D eigenvalue weighted by molar-refractivity contribution is 0.236. The van der Waals surface area contributed by atoms with Crippen molar-refractivity contribution in [1.29, 1.82) is 0 Å². The van der Waals surface area contributed by atoms with Crippen molar-refractivity contribution in [3.63, 3.8) is 0 Å². The Balaban J connectivity index is 3.44. The molecule has 0 amide bonds. The van der Waals surface area contributed by atoms with Crippen molar-refractivity contribution in [2.45, 2.75) is 59.3 Å². The van der Waals surface area contributed by atoms with E-state index in [1.54, 1.807) is 6.26 Å². The van der Waals surface area contributed by atoms with Crippen LogP contribution in [-0.4, -0.2) is 13.2 Å². The molecule has 2 nitrogen and oxygen atoms in total.